The van der Waals surface area contributed by atoms with E-state index in [-0.39, 0.29) is 23.0 Å². The van der Waals surface area contributed by atoms with Crippen LogP contribution in [-0.2, 0) is 11.8 Å². The number of aromatic nitrogens is 1. The third-order valence-electron chi connectivity index (χ3n) is 5.47. The first-order chi connectivity index (χ1) is 17.2. The predicted molar refractivity (Wildman–Crippen MR) is 134 cm³/mol. The number of nitro groups is 1. The zero-order chi connectivity index (χ0) is 25.8. The fourth-order valence-corrected chi connectivity index (χ4v) is 3.57. The molecular formula is C26H21N5O5. The monoisotopic (exact) mass is 483 g/mol. The second kappa shape index (κ2) is 10.0. The van der Waals surface area contributed by atoms with E-state index in [0.717, 1.165) is 5.56 Å². The molecule has 0 bridgehead atoms. The quantitative estimate of drug-likeness (QED) is 0.168. The third kappa shape index (κ3) is 5.02. The van der Waals surface area contributed by atoms with Gasteiger partial charge in [0.1, 0.15) is 5.70 Å². The van der Waals surface area contributed by atoms with Gasteiger partial charge in [0, 0.05) is 30.1 Å². The Balaban J connectivity index is 1.70. The van der Waals surface area contributed by atoms with Crippen molar-refractivity contribution in [3.05, 3.63) is 105 Å². The average Bonchev–Trinajstić information content (AvgIpc) is 3.11. The van der Waals surface area contributed by atoms with Crippen molar-refractivity contribution in [2.45, 2.75) is 6.92 Å². The molecule has 0 saturated carbocycles. The summed E-state index contributed by atoms with van der Waals surface area (Å²) in [5.41, 5.74) is 2.19. The van der Waals surface area contributed by atoms with Gasteiger partial charge in [-0.3, -0.25) is 19.7 Å². The molecular weight excluding hydrogens is 462 g/mol. The van der Waals surface area contributed by atoms with Crippen LogP contribution in [0.25, 0.3) is 17.0 Å². The van der Waals surface area contributed by atoms with Gasteiger partial charge < -0.3 is 15.0 Å². The van der Waals surface area contributed by atoms with Crippen molar-refractivity contribution in [1.29, 1.82) is 0 Å². The van der Waals surface area contributed by atoms with E-state index >= 15 is 0 Å². The number of fused-ring (bicyclic) bond motifs is 1. The molecule has 0 aliphatic carbocycles. The lowest BCUT2D eigenvalue weighted by atomic mass is 10.1. The first-order valence-corrected chi connectivity index (χ1v) is 10.8. The van der Waals surface area contributed by atoms with Crippen molar-refractivity contribution in [1.82, 2.24) is 9.88 Å². The van der Waals surface area contributed by atoms with Crippen LogP contribution in [0.4, 0.5) is 11.4 Å². The minimum Gasteiger partial charge on any atom is -0.493 e. The van der Waals surface area contributed by atoms with Crippen molar-refractivity contribution in [2.24, 2.45) is 17.3 Å². The number of nitro benzene ring substituents is 1. The van der Waals surface area contributed by atoms with Crippen LogP contribution in [-0.4, -0.2) is 26.4 Å². The highest BCUT2D eigenvalue weighted by Gasteiger charge is 2.18. The van der Waals surface area contributed by atoms with E-state index in [1.54, 1.807) is 37.4 Å². The van der Waals surface area contributed by atoms with Crippen LogP contribution in [0.5, 0.6) is 5.88 Å². The maximum absolute atomic E-state index is 13.0. The number of benzene rings is 3. The molecule has 0 unspecified atom stereocenters. The maximum Gasteiger partial charge on any atom is 0.311 e. The number of azo groups is 1. The Bertz CT molecular complexity index is 1540. The molecule has 1 heterocycles. The van der Waals surface area contributed by atoms with E-state index in [0.29, 0.717) is 22.0 Å². The van der Waals surface area contributed by atoms with Gasteiger partial charge in [0.25, 0.3) is 11.6 Å². The summed E-state index contributed by atoms with van der Waals surface area (Å²) in [6.07, 6.45) is 1.35. The van der Waals surface area contributed by atoms with E-state index in [1.165, 1.54) is 34.9 Å². The van der Waals surface area contributed by atoms with Gasteiger partial charge in [-0.1, -0.05) is 29.8 Å². The Hall–Kier alpha value is -5.12. The van der Waals surface area contributed by atoms with Crippen LogP contribution >= 0.6 is 0 Å². The zero-order valence-corrected chi connectivity index (χ0v) is 19.4. The van der Waals surface area contributed by atoms with Gasteiger partial charge in [0.15, 0.2) is 5.69 Å². The molecule has 2 N–H and O–H groups in total. The number of nitrogens with one attached hydrogen (secondary N) is 1. The molecule has 0 aliphatic heterocycles. The molecule has 3 aromatic carbocycles. The minimum atomic E-state index is -0.873. The number of amides is 2. The Labute approximate surface area is 205 Å². The number of carbonyl (C=O) groups is 2. The number of carbonyl (C=O) groups excluding carboxylic acids is 2. The topological polar surface area (TPSA) is 139 Å². The highest BCUT2D eigenvalue weighted by molar-refractivity contribution is 6.05. The van der Waals surface area contributed by atoms with Crippen molar-refractivity contribution in [2.75, 3.05) is 0 Å². The van der Waals surface area contributed by atoms with E-state index in [2.05, 4.69) is 15.5 Å². The van der Waals surface area contributed by atoms with E-state index in [9.17, 15) is 24.8 Å². The molecule has 10 nitrogen and oxygen atoms in total. The summed E-state index contributed by atoms with van der Waals surface area (Å²) in [5.74, 6) is -1.58. The highest BCUT2D eigenvalue weighted by Crippen LogP contribution is 2.38. The average molecular weight is 483 g/mol. The molecule has 36 heavy (non-hydrogen) atoms. The SMILES string of the molecule is Cc1ccc2c(c1)c(N=NC(=O)/C(=C\c1ccc([N+](=O)[O-])cc1)NC(=O)c1ccccc1)c(O)n2C. The molecule has 0 radical (unpaired) electrons. The summed E-state index contributed by atoms with van der Waals surface area (Å²) in [7, 11) is 1.66. The minimum absolute atomic E-state index is 0.116. The first kappa shape index (κ1) is 24.0. The number of aryl methyl sites for hydroxylation is 2. The molecule has 4 rings (SSSR count). The van der Waals surface area contributed by atoms with Crippen LogP contribution in [0.2, 0.25) is 0 Å². The van der Waals surface area contributed by atoms with Gasteiger partial charge in [0.2, 0.25) is 5.88 Å². The second-order valence-corrected chi connectivity index (χ2v) is 7.98. The molecule has 1 aromatic heterocycles. The smallest absolute Gasteiger partial charge is 0.311 e. The summed E-state index contributed by atoms with van der Waals surface area (Å²) in [6, 6.07) is 19.3. The standard InChI is InChI=1S/C26H21N5O5/c1-16-8-13-22-20(14-16)23(26(34)30(22)2)28-29-25(33)21(27-24(32)18-6-4-3-5-7-18)15-17-9-11-19(12-10-17)31(35)36/h3-15,34H,1-2H3,(H,27,32)/b21-15+,29-28?. The summed E-state index contributed by atoms with van der Waals surface area (Å²) in [4.78, 5) is 36.2. The van der Waals surface area contributed by atoms with Crippen LogP contribution in [0.15, 0.2) is 88.7 Å². The largest absolute Gasteiger partial charge is 0.493 e. The van der Waals surface area contributed by atoms with Crippen molar-refractivity contribution in [3.8, 4) is 5.88 Å². The van der Waals surface area contributed by atoms with Crippen molar-refractivity contribution in [3.63, 3.8) is 0 Å². The zero-order valence-electron chi connectivity index (χ0n) is 19.4. The van der Waals surface area contributed by atoms with Crippen LogP contribution in [0.1, 0.15) is 21.5 Å². The highest BCUT2D eigenvalue weighted by atomic mass is 16.6. The fourth-order valence-electron chi connectivity index (χ4n) is 3.57. The molecule has 0 spiro atoms. The van der Waals surface area contributed by atoms with Crippen molar-refractivity contribution >= 4 is 40.2 Å². The lowest BCUT2D eigenvalue weighted by Gasteiger charge is -2.07. The molecule has 0 atom stereocenters. The lowest BCUT2D eigenvalue weighted by molar-refractivity contribution is -0.384. The maximum atomic E-state index is 13.0. The Kier molecular flexibility index (Phi) is 6.68. The number of nitrogens with zero attached hydrogens (tertiary/aromatic N) is 4. The summed E-state index contributed by atoms with van der Waals surface area (Å²) >= 11 is 0. The molecule has 180 valence electrons. The van der Waals surface area contributed by atoms with E-state index in [1.807, 2.05) is 25.1 Å². The van der Waals surface area contributed by atoms with Gasteiger partial charge >= 0.3 is 5.91 Å². The fraction of sp³-hybridized carbons (Fsp3) is 0.0769. The van der Waals surface area contributed by atoms with Crippen LogP contribution in [0.3, 0.4) is 0 Å². The molecule has 10 heteroatoms. The Morgan fingerprint density at radius 1 is 1.06 bits per heavy atom. The number of non-ortho nitro benzene ring substituents is 1. The van der Waals surface area contributed by atoms with Gasteiger partial charge in [0.05, 0.1) is 10.4 Å². The summed E-state index contributed by atoms with van der Waals surface area (Å²) < 4.78 is 1.53. The van der Waals surface area contributed by atoms with Gasteiger partial charge in [-0.2, -0.15) is 0 Å². The van der Waals surface area contributed by atoms with Gasteiger partial charge in [-0.25, -0.2) is 0 Å². The molecule has 2 amide bonds. The van der Waals surface area contributed by atoms with Crippen LogP contribution in [0, 0.1) is 17.0 Å². The van der Waals surface area contributed by atoms with Crippen LogP contribution < -0.4 is 5.32 Å². The number of hydrogen-bond donors (Lipinski definition) is 2. The number of hydrogen-bond acceptors (Lipinski definition) is 6. The first-order valence-electron chi connectivity index (χ1n) is 10.8. The third-order valence-corrected chi connectivity index (χ3v) is 5.47. The summed E-state index contributed by atoms with van der Waals surface area (Å²) in [6.45, 7) is 1.89. The van der Waals surface area contributed by atoms with Gasteiger partial charge in [-0.05, 0) is 55.0 Å². The second-order valence-electron chi connectivity index (χ2n) is 7.98. The number of aromatic hydroxyl groups is 1. The lowest BCUT2D eigenvalue weighted by Crippen LogP contribution is -2.26. The molecule has 0 saturated heterocycles. The Morgan fingerprint density at radius 2 is 1.75 bits per heavy atom. The molecule has 4 aromatic rings. The molecule has 0 aliphatic rings. The number of rotatable bonds is 6. The summed E-state index contributed by atoms with van der Waals surface area (Å²) in [5, 5.41) is 32.4. The van der Waals surface area contributed by atoms with E-state index in [4.69, 9.17) is 0 Å². The van der Waals surface area contributed by atoms with E-state index < -0.39 is 16.7 Å². The van der Waals surface area contributed by atoms with Crippen molar-refractivity contribution < 1.29 is 19.6 Å². The predicted octanol–water partition coefficient (Wildman–Crippen LogP) is 5.18. The normalized spacial score (nSPS) is 11.7. The molecule has 0 fully saturated rings. The Morgan fingerprint density at radius 3 is 2.42 bits per heavy atom. The van der Waals surface area contributed by atoms with Gasteiger partial charge in [-0.15, -0.1) is 10.2 Å².